The molecule has 0 amide bonds. The average molecular weight is 252 g/mol. The third kappa shape index (κ3) is 2.96. The molecule has 0 aromatic heterocycles. The van der Waals surface area contributed by atoms with Crippen LogP contribution in [0.4, 0.5) is 5.69 Å². The molecule has 2 N–H and O–H groups in total. The van der Waals surface area contributed by atoms with E-state index in [1.807, 2.05) is 6.07 Å². The van der Waals surface area contributed by atoms with Crippen LogP contribution in [0.3, 0.4) is 0 Å². The fourth-order valence-electron chi connectivity index (χ4n) is 2.76. The van der Waals surface area contributed by atoms with Crippen molar-refractivity contribution in [3.8, 4) is 0 Å². The molecule has 1 aliphatic rings. The molecule has 0 saturated heterocycles. The van der Waals surface area contributed by atoms with E-state index >= 15 is 0 Å². The zero-order valence-corrected chi connectivity index (χ0v) is 11.2. The van der Waals surface area contributed by atoms with Gasteiger partial charge in [-0.1, -0.05) is 36.4 Å². The van der Waals surface area contributed by atoms with Crippen LogP contribution in [0.1, 0.15) is 16.7 Å². The number of hydrogen-bond acceptors (Lipinski definition) is 2. The SMILES string of the molecule is Nc1ccc2c(c1)CN(CCc1ccccc1)CC2. The normalized spacial score (nSPS) is 15.2. The second kappa shape index (κ2) is 5.45. The van der Waals surface area contributed by atoms with Gasteiger partial charge in [0.1, 0.15) is 0 Å². The van der Waals surface area contributed by atoms with Crippen LogP contribution in [0.2, 0.25) is 0 Å². The van der Waals surface area contributed by atoms with Crippen LogP contribution < -0.4 is 5.73 Å². The summed E-state index contributed by atoms with van der Waals surface area (Å²) in [5.41, 5.74) is 11.0. The minimum absolute atomic E-state index is 0.878. The van der Waals surface area contributed by atoms with Crippen LogP contribution in [-0.4, -0.2) is 18.0 Å². The van der Waals surface area contributed by atoms with Crippen LogP contribution in [-0.2, 0) is 19.4 Å². The van der Waals surface area contributed by atoms with Crippen molar-refractivity contribution in [2.45, 2.75) is 19.4 Å². The Kier molecular flexibility index (Phi) is 3.51. The van der Waals surface area contributed by atoms with Gasteiger partial charge in [-0.2, -0.15) is 0 Å². The van der Waals surface area contributed by atoms with Crippen LogP contribution in [0.5, 0.6) is 0 Å². The molecule has 0 radical (unpaired) electrons. The first-order chi connectivity index (χ1) is 9.31. The van der Waals surface area contributed by atoms with Crippen molar-refractivity contribution in [1.29, 1.82) is 0 Å². The number of nitrogens with zero attached hydrogens (tertiary/aromatic N) is 1. The van der Waals surface area contributed by atoms with Crippen molar-refractivity contribution in [3.63, 3.8) is 0 Å². The molecule has 0 bridgehead atoms. The average Bonchev–Trinajstić information content (AvgIpc) is 2.46. The first-order valence-electron chi connectivity index (χ1n) is 6.95. The van der Waals surface area contributed by atoms with Gasteiger partial charge in [-0.25, -0.2) is 0 Å². The lowest BCUT2D eigenvalue weighted by Crippen LogP contribution is -2.32. The molecule has 0 saturated carbocycles. The summed E-state index contributed by atoms with van der Waals surface area (Å²) in [6.45, 7) is 3.31. The maximum Gasteiger partial charge on any atom is 0.0317 e. The van der Waals surface area contributed by atoms with Gasteiger partial charge in [-0.15, -0.1) is 0 Å². The first kappa shape index (κ1) is 12.2. The Labute approximate surface area is 114 Å². The molecule has 2 heteroatoms. The standard InChI is InChI=1S/C17H20N2/c18-17-7-6-15-9-11-19(13-16(15)12-17)10-8-14-4-2-1-3-5-14/h1-7,12H,8-11,13,18H2. The maximum atomic E-state index is 5.87. The summed E-state index contributed by atoms with van der Waals surface area (Å²) in [5.74, 6) is 0. The van der Waals surface area contributed by atoms with Gasteiger partial charge in [-0.05, 0) is 41.7 Å². The number of rotatable bonds is 3. The van der Waals surface area contributed by atoms with Crippen molar-refractivity contribution in [2.75, 3.05) is 18.8 Å². The Morgan fingerprint density at radius 2 is 1.84 bits per heavy atom. The van der Waals surface area contributed by atoms with Gasteiger partial charge >= 0.3 is 0 Å². The minimum Gasteiger partial charge on any atom is -0.399 e. The highest BCUT2D eigenvalue weighted by atomic mass is 15.1. The number of nitrogens with two attached hydrogens (primary N) is 1. The van der Waals surface area contributed by atoms with E-state index in [0.29, 0.717) is 0 Å². The molecule has 3 rings (SSSR count). The zero-order chi connectivity index (χ0) is 13.1. The summed E-state index contributed by atoms with van der Waals surface area (Å²) < 4.78 is 0. The van der Waals surface area contributed by atoms with Gasteiger partial charge in [0.15, 0.2) is 0 Å². The van der Waals surface area contributed by atoms with E-state index in [-0.39, 0.29) is 0 Å². The van der Waals surface area contributed by atoms with Crippen LogP contribution in [0, 0.1) is 0 Å². The molecular formula is C17H20N2. The third-order valence-corrected chi connectivity index (χ3v) is 3.88. The van der Waals surface area contributed by atoms with Crippen molar-refractivity contribution < 1.29 is 0 Å². The first-order valence-corrected chi connectivity index (χ1v) is 6.95. The Bertz CT molecular complexity index is 548. The van der Waals surface area contributed by atoms with Gasteiger partial charge in [0.05, 0.1) is 0 Å². The maximum absolute atomic E-state index is 5.87. The Hall–Kier alpha value is -1.80. The molecular weight excluding hydrogens is 232 g/mol. The van der Waals surface area contributed by atoms with E-state index in [1.165, 1.54) is 16.7 Å². The quantitative estimate of drug-likeness (QED) is 0.851. The molecule has 0 spiro atoms. The molecule has 19 heavy (non-hydrogen) atoms. The Morgan fingerprint density at radius 3 is 2.68 bits per heavy atom. The zero-order valence-electron chi connectivity index (χ0n) is 11.2. The van der Waals surface area contributed by atoms with Crippen molar-refractivity contribution in [1.82, 2.24) is 4.90 Å². The summed E-state index contributed by atoms with van der Waals surface area (Å²) in [5, 5.41) is 0. The summed E-state index contributed by atoms with van der Waals surface area (Å²) in [7, 11) is 0. The van der Waals surface area contributed by atoms with Gasteiger partial charge in [0.25, 0.3) is 0 Å². The number of hydrogen-bond donors (Lipinski definition) is 1. The van der Waals surface area contributed by atoms with E-state index < -0.39 is 0 Å². The summed E-state index contributed by atoms with van der Waals surface area (Å²) in [6, 6.07) is 17.0. The molecule has 1 heterocycles. The summed E-state index contributed by atoms with van der Waals surface area (Å²) in [4.78, 5) is 2.52. The van der Waals surface area contributed by atoms with E-state index in [9.17, 15) is 0 Å². The summed E-state index contributed by atoms with van der Waals surface area (Å²) >= 11 is 0. The topological polar surface area (TPSA) is 29.3 Å². The molecule has 0 unspecified atom stereocenters. The van der Waals surface area contributed by atoms with E-state index in [2.05, 4.69) is 47.4 Å². The molecule has 2 aromatic carbocycles. The number of nitrogen functional groups attached to an aromatic ring is 1. The number of benzene rings is 2. The molecule has 2 nitrogen and oxygen atoms in total. The molecule has 2 aromatic rings. The molecule has 1 aliphatic heterocycles. The van der Waals surface area contributed by atoms with Crippen LogP contribution >= 0.6 is 0 Å². The summed E-state index contributed by atoms with van der Waals surface area (Å²) in [6.07, 6.45) is 2.27. The van der Waals surface area contributed by atoms with E-state index in [4.69, 9.17) is 5.73 Å². The Balaban J connectivity index is 1.62. The largest absolute Gasteiger partial charge is 0.399 e. The van der Waals surface area contributed by atoms with Crippen molar-refractivity contribution >= 4 is 5.69 Å². The number of anilines is 1. The lowest BCUT2D eigenvalue weighted by atomic mass is 9.99. The molecule has 0 atom stereocenters. The smallest absolute Gasteiger partial charge is 0.0317 e. The van der Waals surface area contributed by atoms with Gasteiger partial charge in [0.2, 0.25) is 0 Å². The predicted octanol–water partition coefficient (Wildman–Crippen LogP) is 2.87. The lowest BCUT2D eigenvalue weighted by molar-refractivity contribution is 0.257. The monoisotopic (exact) mass is 252 g/mol. The highest BCUT2D eigenvalue weighted by molar-refractivity contribution is 5.45. The predicted molar refractivity (Wildman–Crippen MR) is 80.0 cm³/mol. The van der Waals surface area contributed by atoms with E-state index in [1.54, 1.807) is 0 Å². The van der Waals surface area contributed by atoms with E-state index in [0.717, 1.165) is 38.2 Å². The van der Waals surface area contributed by atoms with Gasteiger partial charge in [0, 0.05) is 25.3 Å². The second-order valence-corrected chi connectivity index (χ2v) is 5.29. The lowest BCUT2D eigenvalue weighted by Gasteiger charge is -2.29. The van der Waals surface area contributed by atoms with Crippen molar-refractivity contribution in [3.05, 3.63) is 65.2 Å². The molecule has 98 valence electrons. The fraction of sp³-hybridized carbons (Fsp3) is 0.294. The van der Waals surface area contributed by atoms with Crippen LogP contribution in [0.25, 0.3) is 0 Å². The fourth-order valence-corrected chi connectivity index (χ4v) is 2.76. The molecule has 0 aliphatic carbocycles. The Morgan fingerprint density at radius 1 is 1.00 bits per heavy atom. The minimum atomic E-state index is 0.878. The number of fused-ring (bicyclic) bond motifs is 1. The molecule has 0 fully saturated rings. The van der Waals surface area contributed by atoms with Crippen molar-refractivity contribution in [2.24, 2.45) is 0 Å². The third-order valence-electron chi connectivity index (χ3n) is 3.88. The van der Waals surface area contributed by atoms with Gasteiger partial charge in [-0.3, -0.25) is 4.90 Å². The van der Waals surface area contributed by atoms with Crippen LogP contribution in [0.15, 0.2) is 48.5 Å². The highest BCUT2D eigenvalue weighted by Crippen LogP contribution is 2.21. The second-order valence-electron chi connectivity index (χ2n) is 5.29. The highest BCUT2D eigenvalue weighted by Gasteiger charge is 2.15. The van der Waals surface area contributed by atoms with Gasteiger partial charge < -0.3 is 5.73 Å².